The summed E-state index contributed by atoms with van der Waals surface area (Å²) in [5.41, 5.74) is 0. The third-order valence-corrected chi connectivity index (χ3v) is 4.49. The van der Waals surface area contributed by atoms with Gasteiger partial charge in [0.25, 0.3) is 0 Å². The third-order valence-electron chi connectivity index (χ3n) is 4.49. The molecule has 1 aliphatic heterocycles. The van der Waals surface area contributed by atoms with Crippen molar-refractivity contribution in [1.29, 1.82) is 0 Å². The van der Waals surface area contributed by atoms with Crippen LogP contribution in [0.15, 0.2) is 12.2 Å². The van der Waals surface area contributed by atoms with Crippen molar-refractivity contribution in [2.24, 2.45) is 0 Å². The molecule has 4 atom stereocenters. The van der Waals surface area contributed by atoms with Crippen molar-refractivity contribution in [3.05, 3.63) is 12.2 Å². The first-order valence-electron chi connectivity index (χ1n) is 9.55. The number of unbranched alkanes of at least 4 members (excludes halogenated alkanes) is 8. The van der Waals surface area contributed by atoms with Crippen molar-refractivity contribution in [3.8, 4) is 0 Å². The predicted octanol–water partition coefficient (Wildman–Crippen LogP) is 2.57. The first-order chi connectivity index (χ1) is 11.7. The van der Waals surface area contributed by atoms with Crippen molar-refractivity contribution >= 4 is 0 Å². The van der Waals surface area contributed by atoms with E-state index in [2.05, 4.69) is 13.0 Å². The molecular weight excluding hydrogens is 308 g/mol. The summed E-state index contributed by atoms with van der Waals surface area (Å²) in [4.78, 5) is 0. The standard InChI is InChI=1S/C19H36O5/c1-2-3-4-5-6-7-8-9-10-11-12-13-23-15-17-19(22)18(21)16(20)14-24-17/h11-12,16-22H,2-10,13-15H2,1H3/b12-11+/t16-,17+,18+,19+/m0/s1. The average molecular weight is 344 g/mol. The highest BCUT2D eigenvalue weighted by molar-refractivity contribution is 4.87. The van der Waals surface area contributed by atoms with Crippen LogP contribution in [0.4, 0.5) is 0 Å². The second kappa shape index (κ2) is 13.8. The number of aliphatic hydroxyl groups is 3. The predicted molar refractivity (Wildman–Crippen MR) is 94.9 cm³/mol. The van der Waals surface area contributed by atoms with Crippen LogP contribution in [-0.2, 0) is 9.47 Å². The minimum atomic E-state index is -1.16. The molecule has 1 rings (SSSR count). The van der Waals surface area contributed by atoms with Crippen LogP contribution in [0.1, 0.15) is 64.7 Å². The van der Waals surface area contributed by atoms with E-state index in [4.69, 9.17) is 9.47 Å². The number of hydrogen-bond acceptors (Lipinski definition) is 5. The summed E-state index contributed by atoms with van der Waals surface area (Å²) in [6, 6.07) is 0. The van der Waals surface area contributed by atoms with Gasteiger partial charge in [0.1, 0.15) is 24.4 Å². The van der Waals surface area contributed by atoms with Crippen molar-refractivity contribution in [2.45, 2.75) is 89.1 Å². The first kappa shape index (κ1) is 21.6. The maximum atomic E-state index is 9.77. The highest BCUT2D eigenvalue weighted by atomic mass is 16.6. The Balaban J connectivity index is 1.91. The van der Waals surface area contributed by atoms with Gasteiger partial charge in [-0.1, -0.05) is 64.0 Å². The van der Waals surface area contributed by atoms with Crippen molar-refractivity contribution in [2.75, 3.05) is 19.8 Å². The van der Waals surface area contributed by atoms with Gasteiger partial charge >= 0.3 is 0 Å². The molecule has 5 nitrogen and oxygen atoms in total. The average Bonchev–Trinajstić information content (AvgIpc) is 2.58. The molecule has 0 spiro atoms. The lowest BCUT2D eigenvalue weighted by Gasteiger charge is -2.34. The van der Waals surface area contributed by atoms with Crippen LogP contribution in [0.5, 0.6) is 0 Å². The van der Waals surface area contributed by atoms with E-state index in [0.717, 1.165) is 6.42 Å². The van der Waals surface area contributed by atoms with Gasteiger partial charge in [-0.3, -0.25) is 0 Å². The second-order valence-corrected chi connectivity index (χ2v) is 6.69. The van der Waals surface area contributed by atoms with Crippen LogP contribution in [0.2, 0.25) is 0 Å². The number of allylic oxidation sites excluding steroid dienone is 1. The number of ether oxygens (including phenoxy) is 2. The molecule has 5 heteroatoms. The summed E-state index contributed by atoms with van der Waals surface area (Å²) in [5.74, 6) is 0. The normalized spacial score (nSPS) is 27.8. The van der Waals surface area contributed by atoms with Crippen LogP contribution in [0.25, 0.3) is 0 Å². The van der Waals surface area contributed by atoms with Gasteiger partial charge < -0.3 is 24.8 Å². The SMILES string of the molecule is CCCCCCCCCC/C=C/COC[C@H]1OC[C@H](O)[C@@H](O)[C@@H]1O. The smallest absolute Gasteiger partial charge is 0.111 e. The molecule has 0 unspecified atom stereocenters. The molecule has 0 aliphatic carbocycles. The van der Waals surface area contributed by atoms with Crippen molar-refractivity contribution in [1.82, 2.24) is 0 Å². The van der Waals surface area contributed by atoms with E-state index in [1.807, 2.05) is 6.08 Å². The Kier molecular flexibility index (Phi) is 12.4. The summed E-state index contributed by atoms with van der Waals surface area (Å²) in [7, 11) is 0. The Morgan fingerprint density at radius 2 is 1.58 bits per heavy atom. The zero-order valence-electron chi connectivity index (χ0n) is 15.1. The Bertz CT molecular complexity index is 321. The topological polar surface area (TPSA) is 79.2 Å². The molecule has 0 amide bonds. The molecule has 142 valence electrons. The fraction of sp³-hybridized carbons (Fsp3) is 0.895. The van der Waals surface area contributed by atoms with E-state index < -0.39 is 24.4 Å². The van der Waals surface area contributed by atoms with Crippen LogP contribution >= 0.6 is 0 Å². The van der Waals surface area contributed by atoms with Gasteiger partial charge in [0.15, 0.2) is 0 Å². The molecule has 24 heavy (non-hydrogen) atoms. The Hall–Kier alpha value is -0.460. The minimum Gasteiger partial charge on any atom is -0.388 e. The molecule has 1 heterocycles. The largest absolute Gasteiger partial charge is 0.388 e. The zero-order valence-corrected chi connectivity index (χ0v) is 15.1. The molecule has 0 aromatic carbocycles. The van der Waals surface area contributed by atoms with Crippen molar-refractivity contribution < 1.29 is 24.8 Å². The van der Waals surface area contributed by atoms with Gasteiger partial charge in [0.2, 0.25) is 0 Å². The maximum absolute atomic E-state index is 9.77. The molecule has 0 radical (unpaired) electrons. The fourth-order valence-corrected chi connectivity index (χ4v) is 2.85. The monoisotopic (exact) mass is 344 g/mol. The van der Waals surface area contributed by atoms with E-state index in [0.29, 0.717) is 6.61 Å². The first-order valence-corrected chi connectivity index (χ1v) is 9.55. The Morgan fingerprint density at radius 1 is 0.917 bits per heavy atom. The molecule has 1 fully saturated rings. The molecule has 0 saturated carbocycles. The van der Waals surface area contributed by atoms with E-state index in [9.17, 15) is 15.3 Å². The molecule has 0 bridgehead atoms. The molecule has 3 N–H and O–H groups in total. The van der Waals surface area contributed by atoms with Gasteiger partial charge in [0.05, 0.1) is 19.8 Å². The summed E-state index contributed by atoms with van der Waals surface area (Å²) in [6.45, 7) is 2.96. The molecular formula is C19H36O5. The van der Waals surface area contributed by atoms with E-state index in [1.165, 1.54) is 51.4 Å². The van der Waals surface area contributed by atoms with Crippen LogP contribution in [-0.4, -0.2) is 59.6 Å². The van der Waals surface area contributed by atoms with Gasteiger partial charge in [-0.15, -0.1) is 0 Å². The third kappa shape index (κ3) is 9.14. The van der Waals surface area contributed by atoms with E-state index in [1.54, 1.807) is 0 Å². The summed E-state index contributed by atoms with van der Waals surface area (Å²) in [5, 5.41) is 28.7. The molecule has 1 saturated heterocycles. The Labute approximate surface area is 146 Å². The van der Waals surface area contributed by atoms with Crippen molar-refractivity contribution in [3.63, 3.8) is 0 Å². The Morgan fingerprint density at radius 3 is 2.29 bits per heavy atom. The highest BCUT2D eigenvalue weighted by Crippen LogP contribution is 2.15. The van der Waals surface area contributed by atoms with Gasteiger partial charge in [-0.2, -0.15) is 0 Å². The van der Waals surface area contributed by atoms with E-state index in [-0.39, 0.29) is 13.2 Å². The van der Waals surface area contributed by atoms with Crippen LogP contribution in [0.3, 0.4) is 0 Å². The maximum Gasteiger partial charge on any atom is 0.111 e. The van der Waals surface area contributed by atoms with E-state index >= 15 is 0 Å². The lowest BCUT2D eigenvalue weighted by Crippen LogP contribution is -2.54. The lowest BCUT2D eigenvalue weighted by atomic mass is 10.0. The molecule has 1 aliphatic rings. The summed E-state index contributed by atoms with van der Waals surface area (Å²) < 4.78 is 10.7. The van der Waals surface area contributed by atoms with Gasteiger partial charge in [-0.05, 0) is 12.8 Å². The van der Waals surface area contributed by atoms with Gasteiger partial charge in [0, 0.05) is 0 Å². The van der Waals surface area contributed by atoms with Crippen LogP contribution in [0, 0.1) is 0 Å². The summed E-state index contributed by atoms with van der Waals surface area (Å²) >= 11 is 0. The number of aliphatic hydroxyl groups excluding tert-OH is 3. The molecule has 0 aromatic heterocycles. The minimum absolute atomic E-state index is 0.0283. The number of hydrogen-bond donors (Lipinski definition) is 3. The quantitative estimate of drug-likeness (QED) is 0.353. The second-order valence-electron chi connectivity index (χ2n) is 6.69. The highest BCUT2D eigenvalue weighted by Gasteiger charge is 2.37. The lowest BCUT2D eigenvalue weighted by molar-refractivity contribution is -0.198. The number of rotatable bonds is 13. The fourth-order valence-electron chi connectivity index (χ4n) is 2.85. The van der Waals surface area contributed by atoms with Gasteiger partial charge in [-0.25, -0.2) is 0 Å². The summed E-state index contributed by atoms with van der Waals surface area (Å²) in [6.07, 6.45) is 12.0. The van der Waals surface area contributed by atoms with Crippen LogP contribution < -0.4 is 0 Å². The zero-order chi connectivity index (χ0) is 17.6. The molecule has 0 aromatic rings.